The average molecular weight is 658 g/mol. The number of anilines is 2. The van der Waals surface area contributed by atoms with E-state index >= 15 is 0 Å². The minimum absolute atomic E-state index is 0.151. The summed E-state index contributed by atoms with van der Waals surface area (Å²) in [5.41, 5.74) is 1.64. The molecule has 0 aliphatic carbocycles. The number of hydrogen-bond donors (Lipinski definition) is 3. The minimum atomic E-state index is -3.54. The number of nitrogens with zero attached hydrogens (tertiary/aromatic N) is 2. The van der Waals surface area contributed by atoms with Gasteiger partial charge in [0, 0.05) is 36.6 Å². The highest BCUT2D eigenvalue weighted by atomic mass is 79.9. The van der Waals surface area contributed by atoms with Crippen LogP contribution in [0.2, 0.25) is 5.02 Å². The monoisotopic (exact) mass is 656 g/mol. The van der Waals surface area contributed by atoms with Crippen LogP contribution in [-0.4, -0.2) is 45.5 Å². The van der Waals surface area contributed by atoms with Crippen LogP contribution >= 0.6 is 27.5 Å². The second-order valence-electron chi connectivity index (χ2n) is 9.01. The van der Waals surface area contributed by atoms with Crippen LogP contribution < -0.4 is 15.4 Å². The van der Waals surface area contributed by atoms with Crippen LogP contribution in [0.15, 0.2) is 53.0 Å². The van der Waals surface area contributed by atoms with E-state index in [0.29, 0.717) is 29.3 Å². The summed E-state index contributed by atoms with van der Waals surface area (Å²) in [5, 5.41) is 15.5. The van der Waals surface area contributed by atoms with Gasteiger partial charge in [0.2, 0.25) is 5.95 Å². The quantitative estimate of drug-likeness (QED) is 0.159. The maximum absolute atomic E-state index is 13.2. The number of carbonyl (C=O) groups is 2. The van der Waals surface area contributed by atoms with E-state index in [2.05, 4.69) is 31.5 Å². The highest BCUT2D eigenvalue weighted by Gasteiger charge is 2.31. The Morgan fingerprint density at radius 3 is 2.46 bits per heavy atom. The molecule has 41 heavy (non-hydrogen) atoms. The van der Waals surface area contributed by atoms with Gasteiger partial charge < -0.3 is 25.0 Å². The number of ether oxygens (including phenoxy) is 1. The number of fused-ring (bicyclic) bond motifs is 1. The van der Waals surface area contributed by atoms with Gasteiger partial charge in [-0.3, -0.25) is 4.79 Å². The molecule has 4 aromatic rings. The maximum Gasteiger partial charge on any atom is 0.340 e. The van der Waals surface area contributed by atoms with E-state index in [4.69, 9.17) is 16.3 Å². The molecule has 0 spiro atoms. The van der Waals surface area contributed by atoms with Gasteiger partial charge in [-0.1, -0.05) is 45.7 Å². The molecule has 0 fully saturated rings. The first-order valence-corrected chi connectivity index (χ1v) is 13.1. The number of alkyl halides is 4. The Hall–Kier alpha value is -3.84. The Morgan fingerprint density at radius 1 is 1.17 bits per heavy atom. The fourth-order valence-corrected chi connectivity index (χ4v) is 4.45. The zero-order valence-electron chi connectivity index (χ0n) is 21.4. The van der Waals surface area contributed by atoms with Gasteiger partial charge in [0.25, 0.3) is 12.3 Å². The fourth-order valence-electron chi connectivity index (χ4n) is 4.02. The van der Waals surface area contributed by atoms with Crippen LogP contribution in [0.4, 0.5) is 29.2 Å². The Labute approximate surface area is 244 Å². The summed E-state index contributed by atoms with van der Waals surface area (Å²) < 4.78 is 60.0. The number of aromatic carboxylic acids is 1. The molecule has 14 heteroatoms. The highest BCUT2D eigenvalue weighted by Crippen LogP contribution is 2.40. The molecule has 0 bridgehead atoms. The normalized spacial score (nSPS) is 11.6. The summed E-state index contributed by atoms with van der Waals surface area (Å²) in [6, 6.07) is 12.6. The lowest BCUT2D eigenvalue weighted by molar-refractivity contribution is -0.143. The Balaban J connectivity index is 1.82. The third-order valence-corrected chi connectivity index (χ3v) is 6.84. The third kappa shape index (κ3) is 6.73. The molecular formula is C27H22BrClF4N4O4. The molecule has 216 valence electrons. The topological polar surface area (TPSA) is 105 Å². The van der Waals surface area contributed by atoms with Crippen LogP contribution in [0.5, 0.6) is 5.75 Å². The van der Waals surface area contributed by atoms with E-state index in [1.54, 1.807) is 41.9 Å². The van der Waals surface area contributed by atoms with Gasteiger partial charge >= 0.3 is 11.9 Å². The van der Waals surface area contributed by atoms with E-state index in [1.807, 2.05) is 0 Å². The van der Waals surface area contributed by atoms with Gasteiger partial charge in [-0.2, -0.15) is 8.78 Å². The number of carboxylic acid groups (broad SMARTS) is 1. The summed E-state index contributed by atoms with van der Waals surface area (Å²) in [6.45, 7) is -0.722. The summed E-state index contributed by atoms with van der Waals surface area (Å²) in [4.78, 5) is 28.6. The van der Waals surface area contributed by atoms with Gasteiger partial charge in [0.15, 0.2) is 0 Å². The van der Waals surface area contributed by atoms with Gasteiger partial charge in [-0.25, -0.2) is 18.6 Å². The van der Waals surface area contributed by atoms with Gasteiger partial charge in [-0.15, -0.1) is 0 Å². The number of carbonyl (C=O) groups excluding carboxylic acids is 1. The number of carboxylic acids is 1. The Kier molecular flexibility index (Phi) is 8.78. The SMILES string of the molecule is Cn1c(Nc2cc(CNC(=O)C(C)(F)F)ccc2Cl)nc2c(-c3ccc(Br)cc3)c(C(=O)O)c(OCC(F)F)cc21. The van der Waals surface area contributed by atoms with Crippen molar-refractivity contribution in [1.29, 1.82) is 0 Å². The molecule has 4 rings (SSSR count). The molecule has 3 N–H and O–H groups in total. The van der Waals surface area contributed by atoms with Crippen molar-refractivity contribution >= 4 is 62.1 Å². The second kappa shape index (κ2) is 12.0. The molecule has 0 aliphatic heterocycles. The van der Waals surface area contributed by atoms with Crippen LogP contribution in [0.3, 0.4) is 0 Å². The smallest absolute Gasteiger partial charge is 0.340 e. The van der Waals surface area contributed by atoms with Crippen LogP contribution in [-0.2, 0) is 18.4 Å². The fraction of sp³-hybridized carbons (Fsp3) is 0.222. The number of benzene rings is 3. The van der Waals surface area contributed by atoms with Crippen molar-refractivity contribution < 1.29 is 37.0 Å². The number of aryl methyl sites for hydroxylation is 1. The van der Waals surface area contributed by atoms with E-state index in [-0.39, 0.29) is 39.9 Å². The Bertz CT molecular complexity index is 1620. The van der Waals surface area contributed by atoms with Crippen LogP contribution in [0.25, 0.3) is 22.2 Å². The zero-order valence-corrected chi connectivity index (χ0v) is 23.8. The van der Waals surface area contributed by atoms with Crippen molar-refractivity contribution in [2.75, 3.05) is 11.9 Å². The number of imidazole rings is 1. The molecule has 0 aliphatic rings. The highest BCUT2D eigenvalue weighted by molar-refractivity contribution is 9.10. The van der Waals surface area contributed by atoms with Crippen molar-refractivity contribution in [3.63, 3.8) is 0 Å². The molecular weight excluding hydrogens is 636 g/mol. The first kappa shape index (κ1) is 30.1. The first-order valence-electron chi connectivity index (χ1n) is 11.9. The first-order chi connectivity index (χ1) is 19.3. The predicted molar refractivity (Wildman–Crippen MR) is 150 cm³/mol. The van der Waals surface area contributed by atoms with Crippen molar-refractivity contribution in [2.24, 2.45) is 7.05 Å². The lowest BCUT2D eigenvalue weighted by Crippen LogP contribution is -2.37. The molecule has 0 saturated heterocycles. The van der Waals surface area contributed by atoms with E-state index in [9.17, 15) is 32.3 Å². The molecule has 3 aromatic carbocycles. The van der Waals surface area contributed by atoms with Crippen molar-refractivity contribution in [3.8, 4) is 16.9 Å². The maximum atomic E-state index is 13.2. The zero-order chi connectivity index (χ0) is 30.1. The number of aromatic nitrogens is 2. The van der Waals surface area contributed by atoms with Crippen molar-refractivity contribution in [1.82, 2.24) is 14.9 Å². The lowest BCUT2D eigenvalue weighted by atomic mass is 9.97. The molecule has 0 unspecified atom stereocenters. The Morgan fingerprint density at radius 2 is 1.85 bits per heavy atom. The second-order valence-corrected chi connectivity index (χ2v) is 10.3. The minimum Gasteiger partial charge on any atom is -0.487 e. The summed E-state index contributed by atoms with van der Waals surface area (Å²) in [7, 11) is 1.61. The van der Waals surface area contributed by atoms with Gasteiger partial charge in [0.1, 0.15) is 17.9 Å². The average Bonchev–Trinajstić information content (AvgIpc) is 3.21. The summed E-state index contributed by atoms with van der Waals surface area (Å²) >= 11 is 9.69. The largest absolute Gasteiger partial charge is 0.487 e. The van der Waals surface area contributed by atoms with Crippen molar-refractivity contribution in [2.45, 2.75) is 25.8 Å². The number of halogens is 6. The number of hydrogen-bond acceptors (Lipinski definition) is 5. The standard InChI is InChI=1S/C27H22BrClF4N4O4/c1-27(32,33)25(40)34-11-13-3-8-16(29)17(9-13)35-26-36-23-18(37(26)2)10-19(41-12-20(30)31)22(24(38)39)21(23)14-4-6-15(28)7-5-14/h3-10,20H,11-12H2,1-2H3,(H,34,40)(H,35,36)(H,38,39). The molecule has 1 heterocycles. The van der Waals surface area contributed by atoms with Crippen molar-refractivity contribution in [3.05, 3.63) is 69.2 Å². The van der Waals surface area contributed by atoms with Crippen LogP contribution in [0.1, 0.15) is 22.8 Å². The van der Waals surface area contributed by atoms with Gasteiger partial charge in [0.05, 0.1) is 21.7 Å². The third-order valence-electron chi connectivity index (χ3n) is 5.98. The van der Waals surface area contributed by atoms with Gasteiger partial charge in [-0.05, 0) is 35.4 Å². The lowest BCUT2D eigenvalue weighted by Gasteiger charge is -2.15. The summed E-state index contributed by atoms with van der Waals surface area (Å²) in [5.74, 6) is -6.44. The summed E-state index contributed by atoms with van der Waals surface area (Å²) in [6.07, 6.45) is -2.84. The van der Waals surface area contributed by atoms with Crippen LogP contribution in [0, 0.1) is 0 Å². The number of nitrogens with one attached hydrogen (secondary N) is 2. The predicted octanol–water partition coefficient (Wildman–Crippen LogP) is 7.01. The van der Waals surface area contributed by atoms with E-state index in [0.717, 1.165) is 4.47 Å². The molecule has 1 amide bonds. The van der Waals surface area contributed by atoms with E-state index in [1.165, 1.54) is 18.2 Å². The molecule has 0 radical (unpaired) electrons. The molecule has 1 aromatic heterocycles. The van der Waals surface area contributed by atoms with E-state index < -0.39 is 30.8 Å². The molecule has 8 nitrogen and oxygen atoms in total. The molecule has 0 saturated carbocycles. The molecule has 0 atom stereocenters. The number of rotatable bonds is 10. The number of amides is 1.